The van der Waals surface area contributed by atoms with E-state index in [0.29, 0.717) is 17.8 Å². The molecule has 3 N–H and O–H groups in total. The van der Waals surface area contributed by atoms with Crippen molar-refractivity contribution in [2.75, 3.05) is 10.6 Å². The highest BCUT2D eigenvalue weighted by molar-refractivity contribution is 6.00. The van der Waals surface area contributed by atoms with Crippen LogP contribution in [-0.2, 0) is 33.5 Å². The number of benzene rings is 1. The number of ketones is 1. The molecule has 35 heavy (non-hydrogen) atoms. The Balaban J connectivity index is 1.37. The van der Waals surface area contributed by atoms with Gasteiger partial charge in [0.15, 0.2) is 0 Å². The molecule has 1 aliphatic heterocycles. The predicted octanol–water partition coefficient (Wildman–Crippen LogP) is 2.16. The summed E-state index contributed by atoms with van der Waals surface area (Å²) in [4.78, 5) is 72.4. The zero-order valence-electron chi connectivity index (χ0n) is 19.1. The van der Waals surface area contributed by atoms with Crippen molar-refractivity contribution in [2.24, 2.45) is 35.5 Å². The molecule has 2 aliphatic carbocycles. The van der Waals surface area contributed by atoms with Crippen LogP contribution in [0.25, 0.3) is 0 Å². The van der Waals surface area contributed by atoms with Gasteiger partial charge < -0.3 is 20.5 Å². The Labute approximate surface area is 201 Å². The number of Topliss-reactive ketones (excluding diaryl/α,β-unsaturated/α-hetero) is 1. The molecule has 10 nitrogen and oxygen atoms in total. The van der Waals surface area contributed by atoms with Crippen LogP contribution < -0.4 is 10.6 Å². The Kier molecular flexibility index (Phi) is 6.81. The SMILES string of the molecule is CC(=O)C1CC(C(=O)Nc2cccc(NC(=O)C3C=CC4C(=O)OC(=O)C4C3)c2)CCC1C(=O)O. The van der Waals surface area contributed by atoms with E-state index >= 15 is 0 Å². The molecule has 0 radical (unpaired) electrons. The van der Waals surface area contributed by atoms with Crippen LogP contribution in [-0.4, -0.2) is 40.6 Å². The Morgan fingerprint density at radius 1 is 0.914 bits per heavy atom. The number of hydrogen-bond donors (Lipinski definition) is 3. The van der Waals surface area contributed by atoms with E-state index in [1.165, 1.54) is 13.0 Å². The fourth-order valence-electron chi connectivity index (χ4n) is 5.12. The number of hydrogen-bond acceptors (Lipinski definition) is 7. The molecule has 1 saturated heterocycles. The van der Waals surface area contributed by atoms with Gasteiger partial charge in [0.05, 0.1) is 23.7 Å². The van der Waals surface area contributed by atoms with Gasteiger partial charge in [0, 0.05) is 23.2 Å². The minimum Gasteiger partial charge on any atom is -0.481 e. The quantitative estimate of drug-likeness (QED) is 0.316. The highest BCUT2D eigenvalue weighted by Crippen LogP contribution is 2.37. The van der Waals surface area contributed by atoms with Gasteiger partial charge in [0.25, 0.3) is 0 Å². The van der Waals surface area contributed by atoms with Crippen molar-refractivity contribution < 1.29 is 38.6 Å². The lowest BCUT2D eigenvalue weighted by Crippen LogP contribution is -2.38. The van der Waals surface area contributed by atoms with E-state index in [-0.39, 0.29) is 36.9 Å². The lowest BCUT2D eigenvalue weighted by molar-refractivity contribution is -0.153. The topological polar surface area (TPSA) is 156 Å². The summed E-state index contributed by atoms with van der Waals surface area (Å²) < 4.78 is 4.65. The molecular formula is C25H26N2O8. The van der Waals surface area contributed by atoms with Crippen molar-refractivity contribution in [3.8, 4) is 0 Å². The van der Waals surface area contributed by atoms with E-state index < -0.39 is 53.4 Å². The summed E-state index contributed by atoms with van der Waals surface area (Å²) in [5, 5.41) is 14.9. The van der Waals surface area contributed by atoms with Crippen molar-refractivity contribution in [3.05, 3.63) is 36.4 Å². The van der Waals surface area contributed by atoms with Gasteiger partial charge in [-0.05, 0) is 50.8 Å². The van der Waals surface area contributed by atoms with Gasteiger partial charge in [-0.15, -0.1) is 0 Å². The van der Waals surface area contributed by atoms with Crippen LogP contribution in [0.1, 0.15) is 32.6 Å². The van der Waals surface area contributed by atoms with Crippen LogP contribution in [0.4, 0.5) is 11.4 Å². The molecule has 4 rings (SSSR count). The Bertz CT molecular complexity index is 1130. The van der Waals surface area contributed by atoms with Crippen molar-refractivity contribution >= 4 is 46.9 Å². The van der Waals surface area contributed by atoms with Crippen LogP contribution in [0.5, 0.6) is 0 Å². The van der Waals surface area contributed by atoms with E-state index in [2.05, 4.69) is 15.4 Å². The number of fused-ring (bicyclic) bond motifs is 1. The lowest BCUT2D eigenvalue weighted by atomic mass is 9.72. The van der Waals surface area contributed by atoms with Gasteiger partial charge in [-0.1, -0.05) is 18.2 Å². The molecule has 6 unspecified atom stereocenters. The maximum atomic E-state index is 12.8. The summed E-state index contributed by atoms with van der Waals surface area (Å²) in [7, 11) is 0. The van der Waals surface area contributed by atoms with Crippen LogP contribution >= 0.6 is 0 Å². The molecule has 0 spiro atoms. The zero-order valence-corrected chi connectivity index (χ0v) is 19.1. The molecule has 2 fully saturated rings. The largest absolute Gasteiger partial charge is 0.481 e. The second-order valence-electron chi connectivity index (χ2n) is 9.33. The summed E-state index contributed by atoms with van der Waals surface area (Å²) in [5.41, 5.74) is 0.876. The summed E-state index contributed by atoms with van der Waals surface area (Å²) >= 11 is 0. The molecule has 1 heterocycles. The van der Waals surface area contributed by atoms with Crippen molar-refractivity contribution in [2.45, 2.75) is 32.6 Å². The number of carbonyl (C=O) groups excluding carboxylic acids is 5. The van der Waals surface area contributed by atoms with Gasteiger partial charge >= 0.3 is 17.9 Å². The molecule has 2 amide bonds. The molecule has 3 aliphatic rings. The second-order valence-corrected chi connectivity index (χ2v) is 9.33. The third-order valence-corrected chi connectivity index (χ3v) is 7.06. The summed E-state index contributed by atoms with van der Waals surface area (Å²) in [6.45, 7) is 1.35. The maximum Gasteiger partial charge on any atom is 0.321 e. The standard InChI is InChI=1S/C25H26N2O8/c1-12(28)19-9-13(5-7-17(19)23(31)32)21(29)26-15-3-2-4-16(11-15)27-22(30)14-6-8-18-20(10-14)25(34)35-24(18)33/h2-4,6,8,11,13-14,17-20H,5,7,9-10H2,1H3,(H,26,29)(H,27,30)(H,31,32). The van der Waals surface area contributed by atoms with Crippen LogP contribution in [0, 0.1) is 35.5 Å². The van der Waals surface area contributed by atoms with E-state index in [1.807, 2.05) is 0 Å². The second kappa shape index (κ2) is 9.81. The summed E-state index contributed by atoms with van der Waals surface area (Å²) in [6, 6.07) is 6.55. The normalized spacial score (nSPS) is 29.6. The number of esters is 2. The highest BCUT2D eigenvalue weighted by atomic mass is 16.6. The molecule has 184 valence electrons. The maximum absolute atomic E-state index is 12.8. The smallest absolute Gasteiger partial charge is 0.321 e. The van der Waals surface area contributed by atoms with E-state index in [0.717, 1.165) is 0 Å². The first kappa shape index (κ1) is 24.3. The molecule has 1 aromatic rings. The summed E-state index contributed by atoms with van der Waals surface area (Å²) in [6.07, 6.45) is 4.10. The van der Waals surface area contributed by atoms with Crippen molar-refractivity contribution in [3.63, 3.8) is 0 Å². The average molecular weight is 482 g/mol. The Hall–Kier alpha value is -3.82. The van der Waals surface area contributed by atoms with Crippen LogP contribution in [0.15, 0.2) is 36.4 Å². The molecule has 0 bridgehead atoms. The molecule has 0 aromatic heterocycles. The third-order valence-electron chi connectivity index (χ3n) is 7.06. The number of amides is 2. The summed E-state index contributed by atoms with van der Waals surface area (Å²) in [5.74, 6) is -7.01. The number of nitrogens with one attached hydrogen (secondary N) is 2. The molecule has 1 aromatic carbocycles. The first-order valence-electron chi connectivity index (χ1n) is 11.5. The Morgan fingerprint density at radius 3 is 2.26 bits per heavy atom. The van der Waals surface area contributed by atoms with Gasteiger partial charge in [0.1, 0.15) is 5.78 Å². The predicted molar refractivity (Wildman–Crippen MR) is 122 cm³/mol. The average Bonchev–Trinajstić information content (AvgIpc) is 3.11. The van der Waals surface area contributed by atoms with Gasteiger partial charge in [-0.2, -0.15) is 0 Å². The van der Waals surface area contributed by atoms with E-state index in [4.69, 9.17) is 0 Å². The number of carboxylic acid groups (broad SMARTS) is 1. The highest BCUT2D eigenvalue weighted by Gasteiger charge is 2.46. The number of cyclic esters (lactones) is 2. The number of anilines is 2. The fourth-order valence-corrected chi connectivity index (χ4v) is 5.12. The monoisotopic (exact) mass is 482 g/mol. The van der Waals surface area contributed by atoms with Crippen LogP contribution in [0.2, 0.25) is 0 Å². The van der Waals surface area contributed by atoms with E-state index in [1.54, 1.807) is 30.3 Å². The zero-order chi connectivity index (χ0) is 25.3. The molecule has 10 heteroatoms. The lowest BCUT2D eigenvalue weighted by Gasteiger charge is -2.31. The minimum atomic E-state index is -1.02. The third kappa shape index (κ3) is 5.16. The van der Waals surface area contributed by atoms with Gasteiger partial charge in [0.2, 0.25) is 11.8 Å². The molecular weight excluding hydrogens is 456 g/mol. The molecule has 6 atom stereocenters. The fraction of sp³-hybridized carbons (Fsp3) is 0.440. The van der Waals surface area contributed by atoms with Crippen molar-refractivity contribution in [1.82, 2.24) is 0 Å². The minimum absolute atomic E-state index is 0.171. The number of aliphatic carboxylic acids is 1. The first-order valence-corrected chi connectivity index (χ1v) is 11.5. The number of ether oxygens (including phenoxy) is 1. The van der Waals surface area contributed by atoms with Gasteiger partial charge in [-0.3, -0.25) is 28.8 Å². The van der Waals surface area contributed by atoms with Crippen LogP contribution in [0.3, 0.4) is 0 Å². The molecule has 1 saturated carbocycles. The number of rotatable bonds is 6. The first-order chi connectivity index (χ1) is 16.6. The number of carbonyl (C=O) groups is 6. The van der Waals surface area contributed by atoms with E-state index in [9.17, 15) is 33.9 Å². The van der Waals surface area contributed by atoms with Crippen molar-refractivity contribution in [1.29, 1.82) is 0 Å². The Morgan fingerprint density at radius 2 is 1.60 bits per heavy atom. The number of carboxylic acids is 1. The van der Waals surface area contributed by atoms with Gasteiger partial charge in [-0.25, -0.2) is 0 Å².